The quantitative estimate of drug-likeness (QED) is 0.436. The molecule has 0 aliphatic rings. The molecule has 4 aromatic rings. The van der Waals surface area contributed by atoms with Crippen molar-refractivity contribution in [1.82, 2.24) is 25.0 Å². The fourth-order valence-electron chi connectivity index (χ4n) is 2.83. The van der Waals surface area contributed by atoms with Gasteiger partial charge in [-0.15, -0.1) is 5.10 Å². The average molecular weight is 351 g/mol. The molecule has 0 aliphatic heterocycles. The average Bonchev–Trinajstić information content (AvgIpc) is 3.24. The summed E-state index contributed by atoms with van der Waals surface area (Å²) < 4.78 is 6.82. The molecule has 0 saturated heterocycles. The number of para-hydroxylation sites is 1. The Morgan fingerprint density at radius 2 is 2.12 bits per heavy atom. The molecule has 0 unspecified atom stereocenters. The van der Waals surface area contributed by atoms with Crippen molar-refractivity contribution in [3.8, 4) is 11.5 Å². The summed E-state index contributed by atoms with van der Waals surface area (Å²) in [4.78, 5) is 19.4. The maximum Gasteiger partial charge on any atom is 0.277 e. The normalized spacial score (nSPS) is 11.1. The standard InChI is InChI=1S/C16H13N7O3/c1-9-4-2-5-10(14(9)23(24)25)8-22-15-13(20-21-22)12(18-16(17)19-15)11-6-3-7-26-11/h2-7H,8H2,1H3,(H2,17,18,19). The number of nitrogens with zero attached hydrogens (tertiary/aromatic N) is 6. The van der Waals surface area contributed by atoms with Crippen molar-refractivity contribution in [3.63, 3.8) is 0 Å². The number of furan rings is 1. The molecule has 0 amide bonds. The summed E-state index contributed by atoms with van der Waals surface area (Å²) in [5.41, 5.74) is 8.13. The lowest BCUT2D eigenvalue weighted by molar-refractivity contribution is -0.386. The smallest absolute Gasteiger partial charge is 0.277 e. The number of benzene rings is 1. The van der Waals surface area contributed by atoms with E-state index < -0.39 is 4.92 Å². The van der Waals surface area contributed by atoms with Crippen LogP contribution < -0.4 is 5.73 Å². The number of fused-ring (bicyclic) bond motifs is 1. The number of anilines is 1. The first-order valence-electron chi connectivity index (χ1n) is 7.68. The molecule has 130 valence electrons. The Labute approximate surface area is 146 Å². The first-order chi connectivity index (χ1) is 12.5. The topological polar surface area (TPSA) is 139 Å². The first-order valence-corrected chi connectivity index (χ1v) is 7.68. The van der Waals surface area contributed by atoms with E-state index in [9.17, 15) is 10.1 Å². The van der Waals surface area contributed by atoms with Crippen molar-refractivity contribution < 1.29 is 9.34 Å². The molecule has 0 saturated carbocycles. The van der Waals surface area contributed by atoms with Gasteiger partial charge in [0.25, 0.3) is 5.69 Å². The van der Waals surface area contributed by atoms with Gasteiger partial charge in [-0.3, -0.25) is 10.1 Å². The van der Waals surface area contributed by atoms with E-state index >= 15 is 0 Å². The second-order valence-electron chi connectivity index (χ2n) is 5.67. The van der Waals surface area contributed by atoms with Gasteiger partial charge in [-0.1, -0.05) is 23.4 Å². The van der Waals surface area contributed by atoms with Gasteiger partial charge in [0.2, 0.25) is 5.95 Å². The molecule has 3 heterocycles. The number of nitrogens with two attached hydrogens (primary N) is 1. The zero-order valence-electron chi connectivity index (χ0n) is 13.7. The zero-order valence-corrected chi connectivity index (χ0v) is 13.7. The minimum Gasteiger partial charge on any atom is -0.463 e. The van der Waals surface area contributed by atoms with Crippen LogP contribution in [-0.2, 0) is 6.54 Å². The fraction of sp³-hybridized carbons (Fsp3) is 0.125. The largest absolute Gasteiger partial charge is 0.463 e. The van der Waals surface area contributed by atoms with Crippen LogP contribution in [0.4, 0.5) is 11.6 Å². The Hall–Kier alpha value is -3.82. The van der Waals surface area contributed by atoms with Crippen LogP contribution in [0.2, 0.25) is 0 Å². The molecule has 0 fully saturated rings. The van der Waals surface area contributed by atoms with Crippen molar-refractivity contribution >= 4 is 22.8 Å². The Morgan fingerprint density at radius 3 is 2.85 bits per heavy atom. The van der Waals surface area contributed by atoms with Crippen LogP contribution in [0.15, 0.2) is 41.0 Å². The maximum atomic E-state index is 11.4. The lowest BCUT2D eigenvalue weighted by atomic mass is 10.1. The lowest BCUT2D eigenvalue weighted by Crippen LogP contribution is -2.07. The number of rotatable bonds is 4. The van der Waals surface area contributed by atoms with Crippen LogP contribution in [0.25, 0.3) is 22.6 Å². The number of hydrogen-bond acceptors (Lipinski definition) is 8. The first kappa shape index (κ1) is 15.7. The zero-order chi connectivity index (χ0) is 18.3. The van der Waals surface area contributed by atoms with E-state index in [0.717, 1.165) is 0 Å². The molecular weight excluding hydrogens is 338 g/mol. The van der Waals surface area contributed by atoms with Gasteiger partial charge < -0.3 is 10.2 Å². The summed E-state index contributed by atoms with van der Waals surface area (Å²) in [5.74, 6) is 0.517. The van der Waals surface area contributed by atoms with Gasteiger partial charge in [-0.2, -0.15) is 4.98 Å². The maximum absolute atomic E-state index is 11.4. The third kappa shape index (κ3) is 2.53. The molecule has 2 N–H and O–H groups in total. The number of hydrogen-bond donors (Lipinski definition) is 1. The molecule has 26 heavy (non-hydrogen) atoms. The number of aryl methyl sites for hydroxylation is 1. The van der Waals surface area contributed by atoms with Gasteiger partial charge in [0, 0.05) is 5.56 Å². The molecule has 0 aliphatic carbocycles. The van der Waals surface area contributed by atoms with Crippen LogP contribution in [-0.4, -0.2) is 29.9 Å². The van der Waals surface area contributed by atoms with Crippen molar-refractivity contribution in [3.05, 3.63) is 57.8 Å². The fourth-order valence-corrected chi connectivity index (χ4v) is 2.83. The second kappa shape index (κ2) is 5.92. The number of nitrogen functional groups attached to an aromatic ring is 1. The predicted molar refractivity (Wildman–Crippen MR) is 92.2 cm³/mol. The Bertz CT molecular complexity index is 1120. The molecule has 0 bridgehead atoms. The van der Waals surface area contributed by atoms with Gasteiger partial charge in [-0.25, -0.2) is 9.67 Å². The van der Waals surface area contributed by atoms with Crippen LogP contribution in [0.1, 0.15) is 11.1 Å². The Morgan fingerprint density at radius 1 is 1.27 bits per heavy atom. The highest BCUT2D eigenvalue weighted by molar-refractivity contribution is 5.85. The van der Waals surface area contributed by atoms with E-state index in [2.05, 4.69) is 20.3 Å². The van der Waals surface area contributed by atoms with Crippen LogP contribution in [0, 0.1) is 17.0 Å². The number of aromatic nitrogens is 5. The molecule has 3 aromatic heterocycles. The van der Waals surface area contributed by atoms with Crippen LogP contribution in [0.5, 0.6) is 0 Å². The van der Waals surface area contributed by atoms with E-state index in [1.807, 2.05) is 0 Å². The Balaban J connectivity index is 1.85. The predicted octanol–water partition coefficient (Wildman–Crippen LogP) is 2.33. The summed E-state index contributed by atoms with van der Waals surface area (Å²) in [6.07, 6.45) is 1.51. The van der Waals surface area contributed by atoms with E-state index in [1.165, 1.54) is 10.9 Å². The van der Waals surface area contributed by atoms with E-state index in [-0.39, 0.29) is 18.2 Å². The van der Waals surface area contributed by atoms with Crippen molar-refractivity contribution in [2.24, 2.45) is 0 Å². The molecule has 10 nitrogen and oxygen atoms in total. The number of nitro benzene ring substituents is 1. The highest BCUT2D eigenvalue weighted by atomic mass is 16.6. The van der Waals surface area contributed by atoms with Gasteiger partial charge in [0.15, 0.2) is 16.9 Å². The lowest BCUT2D eigenvalue weighted by Gasteiger charge is -2.06. The monoisotopic (exact) mass is 351 g/mol. The van der Waals surface area contributed by atoms with Crippen molar-refractivity contribution in [2.75, 3.05) is 5.73 Å². The second-order valence-corrected chi connectivity index (χ2v) is 5.67. The molecule has 10 heteroatoms. The van der Waals surface area contributed by atoms with Gasteiger partial charge in [-0.05, 0) is 19.1 Å². The number of nitro groups is 1. The summed E-state index contributed by atoms with van der Waals surface area (Å²) >= 11 is 0. The molecule has 0 atom stereocenters. The summed E-state index contributed by atoms with van der Waals surface area (Å²) in [6, 6.07) is 8.58. The van der Waals surface area contributed by atoms with Gasteiger partial charge >= 0.3 is 0 Å². The third-order valence-corrected chi connectivity index (χ3v) is 3.96. The third-order valence-electron chi connectivity index (χ3n) is 3.96. The summed E-state index contributed by atoms with van der Waals surface area (Å²) in [5, 5.41) is 19.6. The van der Waals surface area contributed by atoms with Crippen LogP contribution >= 0.6 is 0 Å². The minimum absolute atomic E-state index is 0.0335. The molecule has 0 radical (unpaired) electrons. The molecule has 1 aromatic carbocycles. The van der Waals surface area contributed by atoms with E-state index in [4.69, 9.17) is 10.2 Å². The van der Waals surface area contributed by atoms with Gasteiger partial charge in [0.1, 0.15) is 5.69 Å². The minimum atomic E-state index is -0.401. The van der Waals surface area contributed by atoms with E-state index in [0.29, 0.717) is 33.7 Å². The van der Waals surface area contributed by atoms with Crippen molar-refractivity contribution in [2.45, 2.75) is 13.5 Å². The highest BCUT2D eigenvalue weighted by Crippen LogP contribution is 2.27. The molecule has 0 spiro atoms. The Kier molecular flexibility index (Phi) is 3.57. The molecule has 4 rings (SSSR count). The van der Waals surface area contributed by atoms with Gasteiger partial charge in [0.05, 0.1) is 23.3 Å². The van der Waals surface area contributed by atoms with Crippen molar-refractivity contribution in [1.29, 1.82) is 0 Å². The SMILES string of the molecule is Cc1cccc(Cn2nnc3c(-c4ccco4)nc(N)nc32)c1[N+](=O)[O-]. The summed E-state index contributed by atoms with van der Waals surface area (Å²) in [6.45, 7) is 1.82. The highest BCUT2D eigenvalue weighted by Gasteiger charge is 2.21. The van der Waals surface area contributed by atoms with Crippen LogP contribution in [0.3, 0.4) is 0 Å². The summed E-state index contributed by atoms with van der Waals surface area (Å²) in [7, 11) is 0. The van der Waals surface area contributed by atoms with E-state index in [1.54, 1.807) is 37.3 Å². The molecular formula is C16H13N7O3.